The second-order valence-electron chi connectivity index (χ2n) is 4.12. The van der Waals surface area contributed by atoms with E-state index in [0.29, 0.717) is 11.1 Å². The molecule has 0 heterocycles. The van der Waals surface area contributed by atoms with E-state index in [-0.39, 0.29) is 10.5 Å². The highest BCUT2D eigenvalue weighted by molar-refractivity contribution is 7.90. The number of benzene rings is 2. The summed E-state index contributed by atoms with van der Waals surface area (Å²) in [6.07, 6.45) is 1.11. The summed E-state index contributed by atoms with van der Waals surface area (Å²) in [4.78, 5) is 11.3. The van der Waals surface area contributed by atoms with Crippen molar-refractivity contribution in [3.63, 3.8) is 0 Å². The molecule has 0 aromatic heterocycles. The maximum atomic E-state index is 11.8. The third kappa shape index (κ3) is 2.66. The molecule has 98 valence electrons. The SMILES string of the molecule is CS(=O)(=O)c1ccccc1-c1ccccc1C(=O)O. The van der Waals surface area contributed by atoms with E-state index >= 15 is 0 Å². The lowest BCUT2D eigenvalue weighted by Crippen LogP contribution is -2.03. The van der Waals surface area contributed by atoms with Gasteiger partial charge in [-0.2, -0.15) is 0 Å². The monoisotopic (exact) mass is 276 g/mol. The van der Waals surface area contributed by atoms with Crippen molar-refractivity contribution >= 4 is 15.8 Å². The van der Waals surface area contributed by atoms with Gasteiger partial charge in [0.25, 0.3) is 0 Å². The van der Waals surface area contributed by atoms with Crippen molar-refractivity contribution in [3.05, 3.63) is 54.1 Å². The van der Waals surface area contributed by atoms with E-state index in [1.165, 1.54) is 12.1 Å². The fourth-order valence-corrected chi connectivity index (χ4v) is 2.82. The Hall–Kier alpha value is -2.14. The molecular formula is C14H12O4S. The van der Waals surface area contributed by atoms with E-state index in [0.717, 1.165) is 6.26 Å². The molecule has 4 nitrogen and oxygen atoms in total. The fraction of sp³-hybridized carbons (Fsp3) is 0.0714. The van der Waals surface area contributed by atoms with Crippen LogP contribution in [0.2, 0.25) is 0 Å². The van der Waals surface area contributed by atoms with E-state index in [1.807, 2.05) is 0 Å². The highest BCUT2D eigenvalue weighted by atomic mass is 32.2. The number of hydrogen-bond donors (Lipinski definition) is 1. The number of sulfone groups is 1. The van der Waals surface area contributed by atoms with Crippen LogP contribution in [0.4, 0.5) is 0 Å². The zero-order valence-electron chi connectivity index (χ0n) is 10.2. The minimum absolute atomic E-state index is 0.0820. The van der Waals surface area contributed by atoms with Crippen LogP contribution in [0.5, 0.6) is 0 Å². The van der Waals surface area contributed by atoms with E-state index < -0.39 is 15.8 Å². The second-order valence-corrected chi connectivity index (χ2v) is 6.10. The van der Waals surface area contributed by atoms with Crippen LogP contribution in [0.25, 0.3) is 11.1 Å². The highest BCUT2D eigenvalue weighted by Crippen LogP contribution is 2.29. The number of hydrogen-bond acceptors (Lipinski definition) is 3. The number of aromatic carboxylic acids is 1. The molecule has 0 radical (unpaired) electrons. The number of carboxylic acids is 1. The van der Waals surface area contributed by atoms with Gasteiger partial charge in [-0.05, 0) is 17.7 Å². The molecule has 0 saturated heterocycles. The molecule has 0 aliphatic heterocycles. The molecule has 2 aromatic carbocycles. The summed E-state index contributed by atoms with van der Waals surface area (Å²) in [5, 5.41) is 9.17. The van der Waals surface area contributed by atoms with Crippen LogP contribution in [-0.2, 0) is 9.84 Å². The molecule has 0 amide bonds. The van der Waals surface area contributed by atoms with Crippen LogP contribution in [-0.4, -0.2) is 25.7 Å². The smallest absolute Gasteiger partial charge is 0.336 e. The van der Waals surface area contributed by atoms with Crippen LogP contribution in [0, 0.1) is 0 Å². The Morgan fingerprint density at radius 1 is 0.947 bits per heavy atom. The van der Waals surface area contributed by atoms with Crippen molar-refractivity contribution in [2.45, 2.75) is 4.90 Å². The maximum Gasteiger partial charge on any atom is 0.336 e. The minimum atomic E-state index is -3.42. The normalized spacial score (nSPS) is 11.2. The molecule has 1 N–H and O–H groups in total. The van der Waals surface area contributed by atoms with Crippen LogP contribution in [0.15, 0.2) is 53.4 Å². The summed E-state index contributed by atoms with van der Waals surface area (Å²) in [5.41, 5.74) is 0.887. The van der Waals surface area contributed by atoms with Crippen molar-refractivity contribution in [2.75, 3.05) is 6.26 Å². The Labute approximate surface area is 111 Å². The van der Waals surface area contributed by atoms with Gasteiger partial charge in [-0.1, -0.05) is 36.4 Å². The third-order valence-electron chi connectivity index (χ3n) is 2.73. The second kappa shape index (κ2) is 4.85. The molecule has 0 aliphatic carbocycles. The average Bonchev–Trinajstić information content (AvgIpc) is 2.37. The van der Waals surface area contributed by atoms with Crippen LogP contribution < -0.4 is 0 Å². The number of carbonyl (C=O) groups is 1. The molecule has 0 atom stereocenters. The topological polar surface area (TPSA) is 71.4 Å². The first-order valence-corrected chi connectivity index (χ1v) is 7.42. The van der Waals surface area contributed by atoms with E-state index in [9.17, 15) is 18.3 Å². The summed E-state index contributed by atoms with van der Waals surface area (Å²) >= 11 is 0. The summed E-state index contributed by atoms with van der Waals surface area (Å²) in [6.45, 7) is 0. The first-order chi connectivity index (χ1) is 8.91. The van der Waals surface area contributed by atoms with E-state index in [2.05, 4.69) is 0 Å². The Bertz CT molecular complexity index is 733. The van der Waals surface area contributed by atoms with Crippen molar-refractivity contribution in [1.29, 1.82) is 0 Å². The Morgan fingerprint density at radius 2 is 1.47 bits per heavy atom. The van der Waals surface area contributed by atoms with Gasteiger partial charge < -0.3 is 5.11 Å². The summed E-state index contributed by atoms with van der Waals surface area (Å²) < 4.78 is 23.5. The van der Waals surface area contributed by atoms with Gasteiger partial charge >= 0.3 is 5.97 Å². The minimum Gasteiger partial charge on any atom is -0.478 e. The summed E-state index contributed by atoms with van der Waals surface area (Å²) in [7, 11) is -3.42. The molecule has 0 fully saturated rings. The van der Waals surface area contributed by atoms with Crippen molar-refractivity contribution < 1.29 is 18.3 Å². The van der Waals surface area contributed by atoms with Crippen LogP contribution in [0.3, 0.4) is 0 Å². The third-order valence-corrected chi connectivity index (χ3v) is 3.89. The average molecular weight is 276 g/mol. The molecule has 0 unspecified atom stereocenters. The van der Waals surface area contributed by atoms with Gasteiger partial charge in [0.1, 0.15) is 0 Å². The Morgan fingerprint density at radius 3 is 2.05 bits per heavy atom. The molecular weight excluding hydrogens is 264 g/mol. The molecule has 0 aliphatic rings. The lowest BCUT2D eigenvalue weighted by atomic mass is 10.00. The molecule has 0 spiro atoms. The standard InChI is InChI=1S/C14H12O4S/c1-19(17,18)13-9-5-4-7-11(13)10-6-2-3-8-12(10)14(15)16/h2-9H,1H3,(H,15,16). The van der Waals surface area contributed by atoms with E-state index in [1.54, 1.807) is 36.4 Å². The van der Waals surface area contributed by atoms with Crippen LogP contribution >= 0.6 is 0 Å². The van der Waals surface area contributed by atoms with Crippen LogP contribution in [0.1, 0.15) is 10.4 Å². The number of rotatable bonds is 3. The first-order valence-electron chi connectivity index (χ1n) is 5.53. The highest BCUT2D eigenvalue weighted by Gasteiger charge is 2.18. The predicted octanol–water partition coefficient (Wildman–Crippen LogP) is 2.46. The quantitative estimate of drug-likeness (QED) is 0.934. The van der Waals surface area contributed by atoms with Gasteiger partial charge in [0.15, 0.2) is 9.84 Å². The van der Waals surface area contributed by atoms with Crippen molar-refractivity contribution in [3.8, 4) is 11.1 Å². The zero-order chi connectivity index (χ0) is 14.0. The molecule has 5 heteroatoms. The Balaban J connectivity index is 2.78. The van der Waals surface area contributed by atoms with Gasteiger partial charge in [0.05, 0.1) is 10.5 Å². The molecule has 2 aromatic rings. The zero-order valence-corrected chi connectivity index (χ0v) is 11.0. The molecule has 19 heavy (non-hydrogen) atoms. The molecule has 2 rings (SSSR count). The lowest BCUT2D eigenvalue weighted by Gasteiger charge is -2.10. The fourth-order valence-electron chi connectivity index (χ4n) is 1.92. The first kappa shape index (κ1) is 13.3. The summed E-state index contributed by atoms with van der Waals surface area (Å²) in [5.74, 6) is -1.08. The largest absolute Gasteiger partial charge is 0.478 e. The van der Waals surface area contributed by atoms with Gasteiger partial charge in [-0.15, -0.1) is 0 Å². The predicted molar refractivity (Wildman–Crippen MR) is 71.9 cm³/mol. The summed E-state index contributed by atoms with van der Waals surface area (Å²) in [6, 6.07) is 12.7. The molecule has 0 bridgehead atoms. The van der Waals surface area contributed by atoms with Gasteiger partial charge in [-0.3, -0.25) is 0 Å². The van der Waals surface area contributed by atoms with Crippen molar-refractivity contribution in [2.24, 2.45) is 0 Å². The van der Waals surface area contributed by atoms with E-state index in [4.69, 9.17) is 0 Å². The maximum absolute atomic E-state index is 11.8. The Kier molecular flexibility index (Phi) is 3.40. The van der Waals surface area contributed by atoms with Gasteiger partial charge in [-0.25, -0.2) is 13.2 Å². The lowest BCUT2D eigenvalue weighted by molar-refractivity contribution is 0.0697. The van der Waals surface area contributed by atoms with Crippen molar-refractivity contribution in [1.82, 2.24) is 0 Å². The number of carboxylic acid groups (broad SMARTS) is 1. The molecule has 0 saturated carbocycles. The van der Waals surface area contributed by atoms with Gasteiger partial charge in [0, 0.05) is 11.8 Å². The van der Waals surface area contributed by atoms with Gasteiger partial charge in [0.2, 0.25) is 0 Å².